The molecule has 2 rings (SSSR count). The third kappa shape index (κ3) is 4.60. The molecule has 4 heteroatoms. The maximum absolute atomic E-state index is 12.1. The summed E-state index contributed by atoms with van der Waals surface area (Å²) in [7, 11) is 0. The Labute approximate surface area is 141 Å². The molecule has 1 N–H and O–H groups in total. The minimum Gasteiger partial charge on any atom is -0.388 e. The van der Waals surface area contributed by atoms with Crippen LogP contribution in [0.1, 0.15) is 48.0 Å². The zero-order valence-corrected chi connectivity index (χ0v) is 14.3. The monoisotopic (exact) mass is 330 g/mol. The van der Waals surface area contributed by atoms with Crippen molar-refractivity contribution in [2.75, 3.05) is 0 Å². The van der Waals surface area contributed by atoms with Crippen molar-refractivity contribution < 1.29 is 14.7 Å². The molecule has 1 heterocycles. The number of rotatable bonds is 8. The molecule has 122 valence electrons. The van der Waals surface area contributed by atoms with Crippen LogP contribution in [0.4, 0.5) is 0 Å². The molecule has 0 fully saturated rings. The Morgan fingerprint density at radius 3 is 2.39 bits per heavy atom. The lowest BCUT2D eigenvalue weighted by atomic mass is 9.80. The van der Waals surface area contributed by atoms with E-state index in [2.05, 4.69) is 0 Å². The van der Waals surface area contributed by atoms with Gasteiger partial charge in [0, 0.05) is 12.3 Å². The van der Waals surface area contributed by atoms with E-state index in [1.807, 2.05) is 48.7 Å². The van der Waals surface area contributed by atoms with Gasteiger partial charge in [-0.25, -0.2) is 0 Å². The van der Waals surface area contributed by atoms with Crippen LogP contribution in [0.2, 0.25) is 0 Å². The lowest BCUT2D eigenvalue weighted by molar-refractivity contribution is -0.124. The molecule has 0 spiro atoms. The first-order valence-electron chi connectivity index (χ1n) is 7.81. The molecule has 0 amide bonds. The summed E-state index contributed by atoms with van der Waals surface area (Å²) in [5, 5.41) is 12.4. The molecule has 3 nitrogen and oxygen atoms in total. The Balaban J connectivity index is 2.03. The predicted octanol–water partition coefficient (Wildman–Crippen LogP) is 4.29. The van der Waals surface area contributed by atoms with Gasteiger partial charge in [0.15, 0.2) is 5.78 Å². The van der Waals surface area contributed by atoms with Gasteiger partial charge in [0.2, 0.25) is 0 Å². The van der Waals surface area contributed by atoms with E-state index in [0.29, 0.717) is 12.8 Å². The maximum atomic E-state index is 12.1. The number of aliphatic hydroxyl groups is 1. The van der Waals surface area contributed by atoms with Gasteiger partial charge < -0.3 is 5.11 Å². The third-order valence-corrected chi connectivity index (χ3v) is 5.19. The molecule has 0 bridgehead atoms. The lowest BCUT2D eigenvalue weighted by Crippen LogP contribution is -2.26. The first-order valence-corrected chi connectivity index (χ1v) is 8.69. The minimum absolute atomic E-state index is 0.0199. The molecule has 0 saturated heterocycles. The predicted molar refractivity (Wildman–Crippen MR) is 92.6 cm³/mol. The van der Waals surface area contributed by atoms with Crippen molar-refractivity contribution in [3.05, 3.63) is 58.3 Å². The van der Waals surface area contributed by atoms with Crippen LogP contribution in [0.5, 0.6) is 0 Å². The second kappa shape index (κ2) is 8.18. The second-order valence-electron chi connectivity index (χ2n) is 5.87. The highest BCUT2D eigenvalue weighted by molar-refractivity contribution is 7.12. The molecule has 2 aromatic rings. The van der Waals surface area contributed by atoms with E-state index < -0.39 is 6.10 Å². The number of benzene rings is 1. The molecule has 0 aliphatic rings. The van der Waals surface area contributed by atoms with Gasteiger partial charge in [-0.05, 0) is 36.3 Å². The fourth-order valence-electron chi connectivity index (χ4n) is 2.86. The summed E-state index contributed by atoms with van der Waals surface area (Å²) in [6.45, 7) is 3.41. The zero-order valence-electron chi connectivity index (χ0n) is 13.4. The Hall–Kier alpha value is -1.78. The number of thiophene rings is 1. The summed E-state index contributed by atoms with van der Waals surface area (Å²) in [4.78, 5) is 24.9. The van der Waals surface area contributed by atoms with E-state index in [-0.39, 0.29) is 23.4 Å². The quantitative estimate of drug-likeness (QED) is 0.735. The molecule has 1 aromatic carbocycles. The minimum atomic E-state index is -0.707. The van der Waals surface area contributed by atoms with Gasteiger partial charge in [0.1, 0.15) is 5.78 Å². The van der Waals surface area contributed by atoms with E-state index in [1.165, 1.54) is 18.3 Å². The molecule has 0 aliphatic carbocycles. The van der Waals surface area contributed by atoms with Crippen molar-refractivity contribution in [1.29, 1.82) is 0 Å². The largest absolute Gasteiger partial charge is 0.388 e. The highest BCUT2D eigenvalue weighted by Gasteiger charge is 2.29. The van der Waals surface area contributed by atoms with Crippen molar-refractivity contribution in [2.24, 2.45) is 11.8 Å². The topological polar surface area (TPSA) is 54.4 Å². The van der Waals surface area contributed by atoms with Crippen LogP contribution in [0, 0.1) is 11.8 Å². The van der Waals surface area contributed by atoms with E-state index in [4.69, 9.17) is 0 Å². The maximum Gasteiger partial charge on any atom is 0.172 e. The Morgan fingerprint density at radius 1 is 1.13 bits per heavy atom. The molecule has 0 radical (unpaired) electrons. The molecular formula is C19H22O3S. The van der Waals surface area contributed by atoms with Crippen molar-refractivity contribution in [2.45, 2.75) is 32.8 Å². The fourth-order valence-corrected chi connectivity index (χ4v) is 3.55. The number of carbonyl (C=O) groups excluding carboxylic acids is 2. The van der Waals surface area contributed by atoms with Crippen LogP contribution in [0.25, 0.3) is 0 Å². The van der Waals surface area contributed by atoms with Crippen molar-refractivity contribution in [3.63, 3.8) is 0 Å². The molecule has 1 aromatic heterocycles. The molecule has 3 atom stereocenters. The third-order valence-electron chi connectivity index (χ3n) is 4.27. The van der Waals surface area contributed by atoms with Gasteiger partial charge in [0.05, 0.1) is 11.0 Å². The van der Waals surface area contributed by atoms with E-state index >= 15 is 0 Å². The van der Waals surface area contributed by atoms with Gasteiger partial charge >= 0.3 is 0 Å². The van der Waals surface area contributed by atoms with Gasteiger partial charge in [-0.15, -0.1) is 11.3 Å². The Bertz CT molecular complexity index is 634. The van der Waals surface area contributed by atoms with Gasteiger partial charge in [-0.2, -0.15) is 0 Å². The average Bonchev–Trinajstić information content (AvgIpc) is 3.09. The summed E-state index contributed by atoms with van der Waals surface area (Å²) >= 11 is 1.42. The highest BCUT2D eigenvalue weighted by Crippen LogP contribution is 2.31. The van der Waals surface area contributed by atoms with Gasteiger partial charge in [-0.1, -0.05) is 43.3 Å². The average molecular weight is 330 g/mol. The van der Waals surface area contributed by atoms with Crippen LogP contribution in [0.15, 0.2) is 47.8 Å². The van der Waals surface area contributed by atoms with E-state index in [9.17, 15) is 14.7 Å². The van der Waals surface area contributed by atoms with Crippen molar-refractivity contribution in [3.8, 4) is 0 Å². The number of hydrogen-bond donors (Lipinski definition) is 1. The fraction of sp³-hybridized carbons (Fsp3) is 0.368. The number of ketones is 2. The van der Waals surface area contributed by atoms with Gasteiger partial charge in [0.25, 0.3) is 0 Å². The second-order valence-corrected chi connectivity index (χ2v) is 6.82. The van der Waals surface area contributed by atoms with E-state index in [1.54, 1.807) is 6.07 Å². The molecule has 23 heavy (non-hydrogen) atoms. The summed E-state index contributed by atoms with van der Waals surface area (Å²) in [5.74, 6) is -0.473. The number of carbonyl (C=O) groups is 2. The van der Waals surface area contributed by atoms with Crippen molar-refractivity contribution in [1.82, 2.24) is 0 Å². The standard InChI is InChI=1S/C19H22O3S/c1-13(19(22)15-7-4-3-5-8-15)16(14(2)20)10-11-17(21)18-9-6-12-23-18/h3-9,12-13,16,19,22H,10-11H2,1-2H3. The number of hydrogen-bond acceptors (Lipinski definition) is 4. The summed E-state index contributed by atoms with van der Waals surface area (Å²) in [6, 6.07) is 13.0. The summed E-state index contributed by atoms with van der Waals surface area (Å²) < 4.78 is 0. The highest BCUT2D eigenvalue weighted by atomic mass is 32.1. The number of aliphatic hydroxyl groups excluding tert-OH is 1. The first-order chi connectivity index (χ1) is 11.0. The Morgan fingerprint density at radius 2 is 1.83 bits per heavy atom. The van der Waals surface area contributed by atoms with E-state index in [0.717, 1.165) is 10.4 Å². The molecule has 3 unspecified atom stereocenters. The first kappa shape index (κ1) is 17.6. The zero-order chi connectivity index (χ0) is 16.8. The van der Waals surface area contributed by atoms with Crippen LogP contribution in [-0.2, 0) is 4.79 Å². The van der Waals surface area contributed by atoms with Crippen LogP contribution < -0.4 is 0 Å². The summed E-state index contributed by atoms with van der Waals surface area (Å²) in [5.41, 5.74) is 0.802. The summed E-state index contributed by atoms with van der Waals surface area (Å²) in [6.07, 6.45) is 0.0928. The van der Waals surface area contributed by atoms with Gasteiger partial charge in [-0.3, -0.25) is 9.59 Å². The SMILES string of the molecule is CC(=O)C(CCC(=O)c1cccs1)C(C)C(O)c1ccccc1. The van der Waals surface area contributed by atoms with Crippen LogP contribution >= 0.6 is 11.3 Å². The molecular weight excluding hydrogens is 308 g/mol. The van der Waals surface area contributed by atoms with Crippen LogP contribution in [-0.4, -0.2) is 16.7 Å². The van der Waals surface area contributed by atoms with Crippen LogP contribution in [0.3, 0.4) is 0 Å². The molecule has 0 aliphatic heterocycles. The smallest absolute Gasteiger partial charge is 0.172 e. The van der Waals surface area contributed by atoms with Crippen molar-refractivity contribution >= 4 is 22.9 Å². The normalized spacial score (nSPS) is 14.9. The molecule has 0 saturated carbocycles. The number of Topliss-reactive ketones (excluding diaryl/α,β-unsaturated/α-hetero) is 2. The lowest BCUT2D eigenvalue weighted by Gasteiger charge is -2.26. The Kier molecular flexibility index (Phi) is 6.25.